The lowest BCUT2D eigenvalue weighted by molar-refractivity contribution is -0.122. The molecule has 2 aromatic rings. The molecule has 1 N–H and O–H groups in total. The highest BCUT2D eigenvalue weighted by molar-refractivity contribution is 6.02. The molecule has 1 amide bonds. The fourth-order valence-electron chi connectivity index (χ4n) is 4.39. The Labute approximate surface area is 174 Å². The molecule has 5 nitrogen and oxygen atoms in total. The number of rotatable bonds is 5. The minimum Gasteiger partial charge on any atom is -0.493 e. The Bertz CT molecular complexity index is 1010. The minimum atomic E-state index is -0.340. The zero-order chi connectivity index (χ0) is 21.3. The Kier molecular flexibility index (Phi) is 5.57. The number of ether oxygens (including phenoxy) is 2. The van der Waals surface area contributed by atoms with Crippen molar-refractivity contribution < 1.29 is 23.5 Å². The number of carbonyl (C=O) groups is 2. The molecule has 6 heteroatoms. The van der Waals surface area contributed by atoms with Crippen LogP contribution in [0.2, 0.25) is 0 Å². The Morgan fingerprint density at radius 3 is 2.43 bits per heavy atom. The SMILES string of the molecule is CCOc1ccc(C2CC(=O)C3=C(C2)NC(=O)CC3c2ccc(F)cc2)cc1OC. The van der Waals surface area contributed by atoms with Crippen molar-refractivity contribution in [1.29, 1.82) is 0 Å². The van der Waals surface area contributed by atoms with E-state index in [-0.39, 0.29) is 35.8 Å². The van der Waals surface area contributed by atoms with Crippen LogP contribution in [-0.2, 0) is 9.59 Å². The van der Waals surface area contributed by atoms with Crippen LogP contribution in [0, 0.1) is 5.82 Å². The van der Waals surface area contributed by atoms with Crippen molar-refractivity contribution in [2.75, 3.05) is 13.7 Å². The third-order valence-electron chi connectivity index (χ3n) is 5.77. The van der Waals surface area contributed by atoms with E-state index < -0.39 is 0 Å². The van der Waals surface area contributed by atoms with Crippen molar-refractivity contribution in [1.82, 2.24) is 5.32 Å². The fourth-order valence-corrected chi connectivity index (χ4v) is 4.39. The van der Waals surface area contributed by atoms with E-state index >= 15 is 0 Å². The van der Waals surface area contributed by atoms with Crippen molar-refractivity contribution in [3.8, 4) is 11.5 Å². The maximum atomic E-state index is 13.3. The summed E-state index contributed by atoms with van der Waals surface area (Å²) in [5, 5.41) is 2.91. The Balaban J connectivity index is 1.66. The molecule has 0 bridgehead atoms. The Morgan fingerprint density at radius 1 is 1.00 bits per heavy atom. The van der Waals surface area contributed by atoms with Gasteiger partial charge in [-0.25, -0.2) is 4.39 Å². The van der Waals surface area contributed by atoms with Crippen molar-refractivity contribution in [3.63, 3.8) is 0 Å². The molecule has 2 atom stereocenters. The van der Waals surface area contributed by atoms with Crippen LogP contribution >= 0.6 is 0 Å². The summed E-state index contributed by atoms with van der Waals surface area (Å²) in [6.07, 6.45) is 1.10. The largest absolute Gasteiger partial charge is 0.493 e. The van der Waals surface area contributed by atoms with Crippen LogP contribution in [0.3, 0.4) is 0 Å². The van der Waals surface area contributed by atoms with Crippen LogP contribution < -0.4 is 14.8 Å². The van der Waals surface area contributed by atoms with Gasteiger partial charge in [0.15, 0.2) is 17.3 Å². The fraction of sp³-hybridized carbons (Fsp3) is 0.333. The van der Waals surface area contributed by atoms with E-state index in [1.165, 1.54) is 12.1 Å². The number of Topliss-reactive ketones (excluding diaryl/α,β-unsaturated/α-hetero) is 1. The first-order valence-electron chi connectivity index (χ1n) is 10.1. The number of halogens is 1. The number of benzene rings is 2. The molecule has 1 heterocycles. The topological polar surface area (TPSA) is 64.6 Å². The number of ketones is 1. The Hall–Kier alpha value is -3.15. The summed E-state index contributed by atoms with van der Waals surface area (Å²) in [5.74, 6) is 0.439. The van der Waals surface area contributed by atoms with Gasteiger partial charge in [0.1, 0.15) is 5.82 Å². The zero-order valence-corrected chi connectivity index (χ0v) is 17.0. The second-order valence-corrected chi connectivity index (χ2v) is 7.62. The van der Waals surface area contributed by atoms with Gasteiger partial charge in [-0.05, 0) is 54.7 Å². The molecule has 2 aliphatic rings. The van der Waals surface area contributed by atoms with E-state index in [1.54, 1.807) is 19.2 Å². The number of carbonyl (C=O) groups excluding carboxylic acids is 2. The van der Waals surface area contributed by atoms with E-state index in [9.17, 15) is 14.0 Å². The van der Waals surface area contributed by atoms with E-state index in [0.717, 1.165) is 11.1 Å². The number of amides is 1. The van der Waals surface area contributed by atoms with Crippen molar-refractivity contribution in [2.45, 2.75) is 38.0 Å². The highest BCUT2D eigenvalue weighted by Crippen LogP contribution is 2.43. The summed E-state index contributed by atoms with van der Waals surface area (Å²) in [7, 11) is 1.59. The van der Waals surface area contributed by atoms with Gasteiger partial charge in [-0.2, -0.15) is 0 Å². The number of hydrogen-bond acceptors (Lipinski definition) is 4. The molecule has 0 saturated carbocycles. The van der Waals surface area contributed by atoms with Gasteiger partial charge in [-0.15, -0.1) is 0 Å². The van der Waals surface area contributed by atoms with Gasteiger partial charge in [-0.1, -0.05) is 18.2 Å². The number of nitrogens with one attached hydrogen (secondary N) is 1. The summed E-state index contributed by atoms with van der Waals surface area (Å²) in [5.41, 5.74) is 3.08. The molecule has 0 aromatic heterocycles. The minimum absolute atomic E-state index is 0.0171. The van der Waals surface area contributed by atoms with Crippen LogP contribution in [0.4, 0.5) is 4.39 Å². The van der Waals surface area contributed by atoms with Gasteiger partial charge in [0.05, 0.1) is 13.7 Å². The van der Waals surface area contributed by atoms with Gasteiger partial charge in [0, 0.05) is 30.0 Å². The molecule has 1 aliphatic carbocycles. The molecule has 0 saturated heterocycles. The average molecular weight is 409 g/mol. The third-order valence-corrected chi connectivity index (χ3v) is 5.77. The van der Waals surface area contributed by atoms with E-state index in [2.05, 4.69) is 5.32 Å². The van der Waals surface area contributed by atoms with Crippen LogP contribution in [0.1, 0.15) is 49.1 Å². The highest BCUT2D eigenvalue weighted by Gasteiger charge is 2.38. The first-order chi connectivity index (χ1) is 14.5. The zero-order valence-electron chi connectivity index (χ0n) is 17.0. The molecule has 4 rings (SSSR count). The quantitative estimate of drug-likeness (QED) is 0.802. The lowest BCUT2D eigenvalue weighted by atomic mass is 9.73. The number of hydrogen-bond donors (Lipinski definition) is 1. The summed E-state index contributed by atoms with van der Waals surface area (Å²) in [6.45, 7) is 2.44. The number of allylic oxidation sites excluding steroid dienone is 2. The Morgan fingerprint density at radius 2 is 1.73 bits per heavy atom. The first kappa shape index (κ1) is 20.1. The average Bonchev–Trinajstić information content (AvgIpc) is 2.73. The third kappa shape index (κ3) is 3.82. The predicted molar refractivity (Wildman–Crippen MR) is 110 cm³/mol. The van der Waals surface area contributed by atoms with E-state index in [4.69, 9.17) is 9.47 Å². The smallest absolute Gasteiger partial charge is 0.225 e. The molecule has 1 aliphatic heterocycles. The summed E-state index contributed by atoms with van der Waals surface area (Å²) >= 11 is 0. The highest BCUT2D eigenvalue weighted by atomic mass is 19.1. The molecule has 0 fully saturated rings. The monoisotopic (exact) mass is 409 g/mol. The second kappa shape index (κ2) is 8.30. The molecule has 0 spiro atoms. The molecule has 0 radical (unpaired) electrons. The van der Waals surface area contributed by atoms with Gasteiger partial charge < -0.3 is 14.8 Å². The number of methoxy groups -OCH3 is 1. The van der Waals surface area contributed by atoms with Crippen molar-refractivity contribution in [2.24, 2.45) is 0 Å². The molecule has 156 valence electrons. The standard InChI is InChI=1S/C24H24FNO4/c1-3-30-21-9-6-15(12-22(21)29-2)16-10-19-24(20(27)11-16)18(13-23(28)26-19)14-4-7-17(25)8-5-14/h4-9,12,16,18H,3,10-11,13H2,1-2H3,(H,26,28). The van der Waals surface area contributed by atoms with Gasteiger partial charge >= 0.3 is 0 Å². The molecular formula is C24H24FNO4. The lowest BCUT2D eigenvalue weighted by Gasteiger charge is -2.34. The maximum absolute atomic E-state index is 13.3. The van der Waals surface area contributed by atoms with Crippen molar-refractivity contribution in [3.05, 3.63) is 70.7 Å². The molecule has 2 aromatic carbocycles. The second-order valence-electron chi connectivity index (χ2n) is 7.62. The summed E-state index contributed by atoms with van der Waals surface area (Å²) in [4.78, 5) is 25.5. The van der Waals surface area contributed by atoms with Crippen LogP contribution in [0.5, 0.6) is 11.5 Å². The van der Waals surface area contributed by atoms with Crippen LogP contribution in [0.15, 0.2) is 53.7 Å². The van der Waals surface area contributed by atoms with Crippen LogP contribution in [-0.4, -0.2) is 25.4 Å². The van der Waals surface area contributed by atoms with Crippen molar-refractivity contribution >= 4 is 11.7 Å². The predicted octanol–water partition coefficient (Wildman–Crippen LogP) is 4.24. The molecule has 30 heavy (non-hydrogen) atoms. The summed E-state index contributed by atoms with van der Waals surface area (Å²) < 4.78 is 24.4. The lowest BCUT2D eigenvalue weighted by Crippen LogP contribution is -2.38. The molecule has 2 unspecified atom stereocenters. The van der Waals surface area contributed by atoms with Gasteiger partial charge in [-0.3, -0.25) is 9.59 Å². The maximum Gasteiger partial charge on any atom is 0.225 e. The van der Waals surface area contributed by atoms with Crippen LogP contribution in [0.25, 0.3) is 0 Å². The van der Waals surface area contributed by atoms with Gasteiger partial charge in [0.2, 0.25) is 5.91 Å². The van der Waals surface area contributed by atoms with E-state index in [0.29, 0.717) is 42.2 Å². The normalized spacial score (nSPS) is 21.2. The molecular weight excluding hydrogens is 385 g/mol. The first-order valence-corrected chi connectivity index (χ1v) is 10.1. The summed E-state index contributed by atoms with van der Waals surface area (Å²) in [6, 6.07) is 11.7. The van der Waals surface area contributed by atoms with E-state index in [1.807, 2.05) is 25.1 Å². The van der Waals surface area contributed by atoms with Gasteiger partial charge in [0.25, 0.3) is 0 Å².